The molecule has 107 valence electrons. The zero-order chi connectivity index (χ0) is 14.3. The maximum Gasteiger partial charge on any atom is 0.326 e. The molecule has 0 aromatic carbocycles. The van der Waals surface area contributed by atoms with Crippen molar-refractivity contribution in [2.75, 3.05) is 34.2 Å². The zero-order valence-corrected chi connectivity index (χ0v) is 12.9. The Balaban J connectivity index is 0. The van der Waals surface area contributed by atoms with Gasteiger partial charge in [0.15, 0.2) is 0 Å². The Morgan fingerprint density at radius 2 is 1.74 bits per heavy atom. The van der Waals surface area contributed by atoms with Crippen molar-refractivity contribution in [2.24, 2.45) is 5.92 Å². The molecule has 19 heavy (non-hydrogen) atoms. The molecule has 0 aliphatic carbocycles. The monoisotopic (exact) mass is 266 g/mol. The van der Waals surface area contributed by atoms with Gasteiger partial charge in [-0.25, -0.2) is 9.59 Å². The molecule has 2 N–H and O–H groups in total. The third kappa shape index (κ3) is 8.92. The van der Waals surface area contributed by atoms with Gasteiger partial charge in [0, 0.05) is 39.0 Å². The topological polar surface area (TPSA) is 72.9 Å². The van der Waals surface area contributed by atoms with Gasteiger partial charge in [-0.15, -0.1) is 0 Å². The Morgan fingerprint density at radius 3 is 2.11 bits per heavy atom. The van der Waals surface area contributed by atoms with Gasteiger partial charge in [0.25, 0.3) is 0 Å². The third-order valence-electron chi connectivity index (χ3n) is 2.60. The SMILES string of the molecule is CC(C)C[C@@H](C(=O)O)N(C)C(=O)NCCN(C)C.[Li]. The summed E-state index contributed by atoms with van der Waals surface area (Å²) in [6, 6.07) is -1.12. The van der Waals surface area contributed by atoms with Crippen LogP contribution in [0.15, 0.2) is 0 Å². The van der Waals surface area contributed by atoms with Crippen LogP contribution in [0.1, 0.15) is 20.3 Å². The minimum Gasteiger partial charge on any atom is -0.480 e. The van der Waals surface area contributed by atoms with Gasteiger partial charge in [-0.3, -0.25) is 0 Å². The first-order valence-electron chi connectivity index (χ1n) is 6.13. The van der Waals surface area contributed by atoms with Crippen molar-refractivity contribution in [2.45, 2.75) is 26.3 Å². The Labute approximate surface area is 127 Å². The molecule has 0 spiro atoms. The number of rotatable bonds is 7. The summed E-state index contributed by atoms with van der Waals surface area (Å²) in [7, 11) is 5.34. The number of nitrogens with zero attached hydrogens (tertiary/aromatic N) is 2. The van der Waals surface area contributed by atoms with Crippen LogP contribution in [-0.4, -0.2) is 86.0 Å². The molecule has 7 heteroatoms. The maximum absolute atomic E-state index is 11.8. The normalized spacial score (nSPS) is 11.9. The van der Waals surface area contributed by atoms with Crippen molar-refractivity contribution in [1.29, 1.82) is 0 Å². The van der Waals surface area contributed by atoms with Crippen LogP contribution in [0.5, 0.6) is 0 Å². The number of carboxylic acid groups (broad SMARTS) is 1. The maximum atomic E-state index is 11.8. The van der Waals surface area contributed by atoms with Crippen LogP contribution in [0.4, 0.5) is 4.79 Å². The number of aliphatic carboxylic acids is 1. The van der Waals surface area contributed by atoms with Crippen LogP contribution in [0.25, 0.3) is 0 Å². The second-order valence-electron chi connectivity index (χ2n) is 5.13. The fourth-order valence-corrected chi connectivity index (χ4v) is 1.52. The van der Waals surface area contributed by atoms with Crippen molar-refractivity contribution < 1.29 is 14.7 Å². The predicted molar refractivity (Wildman–Crippen MR) is 76.3 cm³/mol. The summed E-state index contributed by atoms with van der Waals surface area (Å²) in [6.45, 7) is 5.10. The van der Waals surface area contributed by atoms with E-state index in [-0.39, 0.29) is 30.8 Å². The van der Waals surface area contributed by atoms with E-state index in [1.807, 2.05) is 32.8 Å². The molecule has 2 amide bonds. The number of hydrogen-bond donors (Lipinski definition) is 2. The summed E-state index contributed by atoms with van der Waals surface area (Å²) in [5.74, 6) is -0.739. The first-order chi connectivity index (χ1) is 8.25. The van der Waals surface area contributed by atoms with E-state index in [1.54, 1.807) is 0 Å². The first kappa shape index (κ1) is 20.6. The molecule has 1 atom stereocenters. The van der Waals surface area contributed by atoms with Crippen molar-refractivity contribution in [3.05, 3.63) is 0 Å². The van der Waals surface area contributed by atoms with Gasteiger partial charge in [-0.05, 0) is 26.4 Å². The summed E-state index contributed by atoms with van der Waals surface area (Å²) in [6.07, 6.45) is 0.451. The van der Waals surface area contributed by atoms with E-state index in [0.29, 0.717) is 13.0 Å². The van der Waals surface area contributed by atoms with Gasteiger partial charge in [-0.2, -0.15) is 0 Å². The molecule has 0 bridgehead atoms. The van der Waals surface area contributed by atoms with Crippen LogP contribution >= 0.6 is 0 Å². The van der Waals surface area contributed by atoms with E-state index in [1.165, 1.54) is 11.9 Å². The van der Waals surface area contributed by atoms with Crippen LogP contribution in [0, 0.1) is 5.92 Å². The second kappa shape index (κ2) is 10.1. The van der Waals surface area contributed by atoms with Gasteiger partial charge in [0.2, 0.25) is 0 Å². The molecular weight excluding hydrogens is 241 g/mol. The number of carbonyl (C=O) groups excluding carboxylic acids is 1. The number of likely N-dealkylation sites (N-methyl/N-ethyl adjacent to an activating group) is 2. The number of urea groups is 1. The molecule has 0 aliphatic rings. The van der Waals surface area contributed by atoms with E-state index in [0.717, 1.165) is 6.54 Å². The Bertz CT molecular complexity index is 285. The fourth-order valence-electron chi connectivity index (χ4n) is 1.52. The molecule has 0 saturated heterocycles. The van der Waals surface area contributed by atoms with E-state index in [2.05, 4.69) is 5.32 Å². The molecule has 0 aromatic heterocycles. The quantitative estimate of drug-likeness (QED) is 0.650. The minimum absolute atomic E-state index is 0. The van der Waals surface area contributed by atoms with Crippen LogP contribution in [0.2, 0.25) is 0 Å². The molecule has 0 unspecified atom stereocenters. The summed E-state index contributed by atoms with van der Waals surface area (Å²) < 4.78 is 0. The molecule has 0 fully saturated rings. The van der Waals surface area contributed by atoms with Crippen LogP contribution in [0.3, 0.4) is 0 Å². The largest absolute Gasteiger partial charge is 0.480 e. The number of amides is 2. The van der Waals surface area contributed by atoms with Gasteiger partial charge >= 0.3 is 12.0 Å². The number of nitrogens with one attached hydrogen (secondary N) is 1. The fraction of sp³-hybridized carbons (Fsp3) is 0.833. The molecule has 0 saturated carbocycles. The average Bonchev–Trinajstić information content (AvgIpc) is 2.23. The number of hydrogen-bond acceptors (Lipinski definition) is 3. The van der Waals surface area contributed by atoms with E-state index in [4.69, 9.17) is 5.11 Å². The van der Waals surface area contributed by atoms with E-state index >= 15 is 0 Å². The van der Waals surface area contributed by atoms with E-state index in [9.17, 15) is 9.59 Å². The van der Waals surface area contributed by atoms with Crippen molar-refractivity contribution >= 4 is 30.9 Å². The number of carboxylic acids is 1. The van der Waals surface area contributed by atoms with Crippen molar-refractivity contribution in [3.63, 3.8) is 0 Å². The van der Waals surface area contributed by atoms with E-state index < -0.39 is 12.0 Å². The molecular formula is C12H25LiN3O3. The average molecular weight is 266 g/mol. The summed E-state index contributed by atoms with van der Waals surface area (Å²) in [5.41, 5.74) is 0. The Kier molecular flexibility index (Phi) is 11.0. The van der Waals surface area contributed by atoms with Crippen molar-refractivity contribution in [1.82, 2.24) is 15.1 Å². The molecule has 0 aliphatic heterocycles. The van der Waals surface area contributed by atoms with Gasteiger partial charge in [0.1, 0.15) is 6.04 Å². The van der Waals surface area contributed by atoms with Gasteiger partial charge in [0.05, 0.1) is 0 Å². The molecule has 0 aromatic rings. The molecule has 6 nitrogen and oxygen atoms in total. The van der Waals surface area contributed by atoms with Crippen LogP contribution < -0.4 is 5.32 Å². The summed E-state index contributed by atoms with van der Waals surface area (Å²) in [4.78, 5) is 26.1. The standard InChI is InChI=1S/C12H25N3O3.Li/c1-9(2)8-10(11(16)17)15(5)12(18)13-6-7-14(3)4;/h9-10H,6-8H2,1-5H3,(H,13,18)(H,16,17);/t10-;/m0./s1. The molecule has 0 heterocycles. The van der Waals surface area contributed by atoms with Crippen LogP contribution in [-0.2, 0) is 4.79 Å². The predicted octanol–water partition coefficient (Wildman–Crippen LogP) is 0.308. The minimum atomic E-state index is -0.964. The molecule has 0 rings (SSSR count). The smallest absolute Gasteiger partial charge is 0.326 e. The Hall–Kier alpha value is -0.703. The zero-order valence-electron chi connectivity index (χ0n) is 12.9. The second-order valence-corrected chi connectivity index (χ2v) is 5.13. The third-order valence-corrected chi connectivity index (χ3v) is 2.60. The summed E-state index contributed by atoms with van der Waals surface area (Å²) >= 11 is 0. The Morgan fingerprint density at radius 1 is 1.21 bits per heavy atom. The molecule has 1 radical (unpaired) electrons. The summed E-state index contributed by atoms with van der Waals surface area (Å²) in [5, 5.41) is 11.8. The van der Waals surface area contributed by atoms with Crippen molar-refractivity contribution in [3.8, 4) is 0 Å². The van der Waals surface area contributed by atoms with Gasteiger partial charge in [-0.1, -0.05) is 13.8 Å². The van der Waals surface area contributed by atoms with Gasteiger partial charge < -0.3 is 20.2 Å². The first-order valence-corrected chi connectivity index (χ1v) is 6.13. The number of carbonyl (C=O) groups is 2.